The third kappa shape index (κ3) is 5.76. The van der Waals surface area contributed by atoms with E-state index in [1.807, 2.05) is 57.4 Å². The fraction of sp³-hybridized carbons (Fsp3) is 0.364. The Morgan fingerprint density at radius 2 is 1.62 bits per heavy atom. The van der Waals surface area contributed by atoms with Crippen LogP contribution in [0.1, 0.15) is 32.3 Å². The standard InChI is InChI=1S/C9H9O.C2H6.W/c1-8(7-10)9-5-3-2-4-6-9;1-2;/h2-6,8H,1H3;1-2H3;/q-1;;. The summed E-state index contributed by atoms with van der Waals surface area (Å²) in [5.41, 5.74) is 1.03. The molecule has 1 unspecified atom stereocenters. The second kappa shape index (κ2) is 9.66. The topological polar surface area (TPSA) is 17.1 Å². The van der Waals surface area contributed by atoms with Crippen LogP contribution in [0, 0.1) is 0 Å². The fourth-order valence-electron chi connectivity index (χ4n) is 0.810. The molecule has 0 fully saturated rings. The molecule has 72 valence electrons. The third-order valence-electron chi connectivity index (χ3n) is 1.48. The van der Waals surface area contributed by atoms with E-state index in [2.05, 4.69) is 0 Å². The SMILES string of the molecule is CC.CC([C-]=O)c1ccccc1.[W]. The summed E-state index contributed by atoms with van der Waals surface area (Å²) < 4.78 is 0. The van der Waals surface area contributed by atoms with E-state index < -0.39 is 0 Å². The minimum Gasteiger partial charge on any atom is -0.541 e. The van der Waals surface area contributed by atoms with Crippen LogP contribution in [0.2, 0.25) is 0 Å². The normalized spacial score (nSPS) is 10.1. The Morgan fingerprint density at radius 3 is 2.00 bits per heavy atom. The van der Waals surface area contributed by atoms with Crippen LogP contribution in [0.3, 0.4) is 0 Å². The first kappa shape index (κ1) is 15.1. The van der Waals surface area contributed by atoms with Gasteiger partial charge in [-0.1, -0.05) is 56.7 Å². The molecule has 1 aromatic carbocycles. The third-order valence-corrected chi connectivity index (χ3v) is 1.48. The van der Waals surface area contributed by atoms with Gasteiger partial charge >= 0.3 is 0 Å². The van der Waals surface area contributed by atoms with Crippen LogP contribution in [0.25, 0.3) is 0 Å². The number of hydrogen-bond donors (Lipinski definition) is 0. The summed E-state index contributed by atoms with van der Waals surface area (Å²) in [5, 5.41) is 0. The molecule has 0 aliphatic rings. The van der Waals surface area contributed by atoms with Crippen LogP contribution < -0.4 is 0 Å². The Kier molecular flexibility index (Phi) is 11.2. The van der Waals surface area contributed by atoms with Crippen molar-refractivity contribution in [2.24, 2.45) is 0 Å². The van der Waals surface area contributed by atoms with Crippen LogP contribution in [0.15, 0.2) is 30.3 Å². The molecular weight excluding hydrogens is 332 g/mol. The molecule has 0 aliphatic heterocycles. The Bertz CT molecular complexity index is 209. The zero-order valence-electron chi connectivity index (χ0n) is 8.28. The summed E-state index contributed by atoms with van der Waals surface area (Å²) in [5.74, 6) is -0.0961. The van der Waals surface area contributed by atoms with Gasteiger partial charge in [-0.3, -0.25) is 6.29 Å². The van der Waals surface area contributed by atoms with Gasteiger partial charge in [-0.15, -0.1) is 5.92 Å². The van der Waals surface area contributed by atoms with E-state index in [9.17, 15) is 4.79 Å². The molecule has 1 atom stereocenters. The molecule has 0 amide bonds. The predicted octanol–water partition coefficient (Wildman–Crippen LogP) is 2.92. The molecule has 13 heavy (non-hydrogen) atoms. The van der Waals surface area contributed by atoms with Crippen molar-refractivity contribution in [1.82, 2.24) is 0 Å². The predicted molar refractivity (Wildman–Crippen MR) is 51.9 cm³/mol. The van der Waals surface area contributed by atoms with Gasteiger partial charge in [-0.2, -0.15) is 0 Å². The van der Waals surface area contributed by atoms with E-state index >= 15 is 0 Å². The summed E-state index contributed by atoms with van der Waals surface area (Å²) in [6, 6.07) is 9.62. The van der Waals surface area contributed by atoms with Crippen molar-refractivity contribution in [2.75, 3.05) is 0 Å². The molecule has 0 radical (unpaired) electrons. The van der Waals surface area contributed by atoms with Crippen molar-refractivity contribution in [3.8, 4) is 0 Å². The number of carbonyl (C=O) groups excluding carboxylic acids is 1. The monoisotopic (exact) mass is 347 g/mol. The molecular formula is C11H15OW-. The van der Waals surface area contributed by atoms with Crippen molar-refractivity contribution in [2.45, 2.75) is 26.7 Å². The minimum atomic E-state index is -0.0961. The summed E-state index contributed by atoms with van der Waals surface area (Å²) in [6.45, 7) is 5.84. The van der Waals surface area contributed by atoms with E-state index in [0.717, 1.165) is 5.56 Å². The van der Waals surface area contributed by atoms with Gasteiger partial charge in [0.1, 0.15) is 0 Å². The Hall–Kier alpha value is -0.422. The second-order valence-corrected chi connectivity index (χ2v) is 2.25. The first-order valence-corrected chi connectivity index (χ1v) is 4.27. The van der Waals surface area contributed by atoms with Crippen LogP contribution in [0.5, 0.6) is 0 Å². The molecule has 0 N–H and O–H groups in total. The van der Waals surface area contributed by atoms with E-state index in [1.54, 1.807) is 0 Å². The first-order valence-electron chi connectivity index (χ1n) is 4.27. The van der Waals surface area contributed by atoms with E-state index in [4.69, 9.17) is 0 Å². The summed E-state index contributed by atoms with van der Waals surface area (Å²) in [6.07, 6.45) is 1.93. The number of rotatable bonds is 2. The van der Waals surface area contributed by atoms with Gasteiger partial charge < -0.3 is 4.79 Å². The summed E-state index contributed by atoms with van der Waals surface area (Å²) in [4.78, 5) is 10.2. The minimum absolute atomic E-state index is 0. The van der Waals surface area contributed by atoms with Gasteiger partial charge in [-0.25, -0.2) is 0 Å². The van der Waals surface area contributed by atoms with Crippen molar-refractivity contribution in [3.63, 3.8) is 0 Å². The maximum atomic E-state index is 10.2. The largest absolute Gasteiger partial charge is 0.541 e. The summed E-state index contributed by atoms with van der Waals surface area (Å²) >= 11 is 0. The van der Waals surface area contributed by atoms with Crippen molar-refractivity contribution in [1.29, 1.82) is 0 Å². The number of hydrogen-bond acceptors (Lipinski definition) is 1. The molecule has 2 heteroatoms. The molecule has 0 heterocycles. The van der Waals surface area contributed by atoms with E-state index in [-0.39, 0.29) is 27.0 Å². The first-order chi connectivity index (χ1) is 5.84. The van der Waals surface area contributed by atoms with Gasteiger partial charge in [0.25, 0.3) is 0 Å². The average molecular weight is 347 g/mol. The average Bonchev–Trinajstić information content (AvgIpc) is 2.21. The van der Waals surface area contributed by atoms with Crippen molar-refractivity contribution >= 4 is 6.29 Å². The van der Waals surface area contributed by atoms with Crippen LogP contribution in [-0.4, -0.2) is 6.29 Å². The molecule has 1 rings (SSSR count). The van der Waals surface area contributed by atoms with Gasteiger partial charge in [0.2, 0.25) is 0 Å². The maximum absolute atomic E-state index is 10.2. The van der Waals surface area contributed by atoms with Crippen LogP contribution in [0.4, 0.5) is 0 Å². The van der Waals surface area contributed by atoms with Crippen molar-refractivity contribution < 1.29 is 25.9 Å². The molecule has 1 nitrogen and oxygen atoms in total. The number of benzene rings is 1. The molecule has 0 aliphatic carbocycles. The molecule has 1 aromatic rings. The second-order valence-electron chi connectivity index (χ2n) is 2.25. The van der Waals surface area contributed by atoms with Crippen molar-refractivity contribution in [3.05, 3.63) is 35.9 Å². The summed E-state index contributed by atoms with van der Waals surface area (Å²) in [7, 11) is 0. The molecule has 0 saturated heterocycles. The van der Waals surface area contributed by atoms with Crippen LogP contribution in [-0.2, 0) is 25.9 Å². The van der Waals surface area contributed by atoms with Gasteiger partial charge in [0.15, 0.2) is 0 Å². The van der Waals surface area contributed by atoms with Gasteiger partial charge in [0.05, 0.1) is 0 Å². The van der Waals surface area contributed by atoms with Gasteiger partial charge in [-0.05, 0) is 0 Å². The molecule has 0 saturated carbocycles. The Morgan fingerprint density at radius 1 is 1.15 bits per heavy atom. The zero-order valence-corrected chi connectivity index (χ0v) is 11.2. The smallest absolute Gasteiger partial charge is 0 e. The molecule has 0 aromatic heterocycles. The molecule has 0 spiro atoms. The van der Waals surface area contributed by atoms with E-state index in [1.165, 1.54) is 0 Å². The fourth-order valence-corrected chi connectivity index (χ4v) is 0.810. The van der Waals surface area contributed by atoms with Gasteiger partial charge in [0, 0.05) is 21.1 Å². The Labute approximate surface area is 94.8 Å². The zero-order chi connectivity index (χ0) is 9.40. The molecule has 0 bridgehead atoms. The van der Waals surface area contributed by atoms with E-state index in [0.29, 0.717) is 0 Å². The van der Waals surface area contributed by atoms with Crippen LogP contribution >= 0.6 is 0 Å². The quantitative estimate of drug-likeness (QED) is 0.752. The maximum Gasteiger partial charge on any atom is 0 e. The Balaban J connectivity index is 0.